The molecule has 0 N–H and O–H groups in total. The molecule has 2 heterocycles. The Labute approximate surface area is 176 Å². The Balaban J connectivity index is 1.81. The molecule has 0 aliphatic carbocycles. The summed E-state index contributed by atoms with van der Waals surface area (Å²) in [5, 5.41) is 2.85. The van der Waals surface area contributed by atoms with Gasteiger partial charge in [-0.2, -0.15) is 0 Å². The van der Waals surface area contributed by atoms with Gasteiger partial charge in [-0.25, -0.2) is 14.9 Å². The topological polar surface area (TPSA) is 64.0 Å². The second-order valence-electron chi connectivity index (χ2n) is 6.01. The van der Waals surface area contributed by atoms with Crippen LogP contribution in [0.4, 0.5) is 5.13 Å². The maximum Gasteiger partial charge on any atom is 0.284 e. The van der Waals surface area contributed by atoms with Gasteiger partial charge in [0.25, 0.3) is 5.91 Å². The van der Waals surface area contributed by atoms with E-state index in [1.54, 1.807) is 44.7 Å². The van der Waals surface area contributed by atoms with E-state index in [2.05, 4.69) is 9.98 Å². The third kappa shape index (κ3) is 3.62. The molecule has 3 aromatic rings. The summed E-state index contributed by atoms with van der Waals surface area (Å²) in [6.45, 7) is 0. The number of benzene rings is 2. The number of halogens is 1. The summed E-state index contributed by atoms with van der Waals surface area (Å²) in [5.41, 5.74) is 1.70. The molecule has 1 aliphatic heterocycles. The van der Waals surface area contributed by atoms with Crippen molar-refractivity contribution in [2.75, 3.05) is 19.1 Å². The van der Waals surface area contributed by atoms with E-state index >= 15 is 0 Å². The number of aliphatic imine (C=N–C) groups is 1. The molecular formula is C21H16ClN3O3S. The number of nitrogens with zero attached hydrogens (tertiary/aromatic N) is 3. The molecule has 0 saturated heterocycles. The zero-order chi connectivity index (χ0) is 20.4. The molecule has 29 heavy (non-hydrogen) atoms. The number of aromatic nitrogens is 1. The Kier molecular flexibility index (Phi) is 5.33. The van der Waals surface area contributed by atoms with Crippen LogP contribution >= 0.6 is 22.9 Å². The molecule has 0 unspecified atom stereocenters. The summed E-state index contributed by atoms with van der Waals surface area (Å²) in [7, 11) is 3.13. The SMILES string of the molecule is COc1ccc(/C=C2\N=C(c3ccccc3Cl)N(c3nccs3)C2=O)cc1OC. The Morgan fingerprint density at radius 1 is 1.10 bits per heavy atom. The highest BCUT2D eigenvalue weighted by atomic mass is 35.5. The molecule has 0 spiro atoms. The number of carbonyl (C=O) groups excluding carboxylic acids is 1. The van der Waals surface area contributed by atoms with Crippen molar-refractivity contribution in [3.63, 3.8) is 0 Å². The van der Waals surface area contributed by atoms with Crippen molar-refractivity contribution in [3.05, 3.63) is 75.9 Å². The molecule has 0 radical (unpaired) electrons. The number of thiazole rings is 1. The number of anilines is 1. The maximum atomic E-state index is 13.2. The predicted octanol–water partition coefficient (Wildman–Crippen LogP) is 4.65. The Morgan fingerprint density at radius 2 is 1.90 bits per heavy atom. The van der Waals surface area contributed by atoms with E-state index in [1.165, 1.54) is 16.2 Å². The van der Waals surface area contributed by atoms with Crippen LogP contribution in [0, 0.1) is 0 Å². The quantitative estimate of drug-likeness (QED) is 0.558. The van der Waals surface area contributed by atoms with E-state index < -0.39 is 0 Å². The van der Waals surface area contributed by atoms with Gasteiger partial charge in [0.15, 0.2) is 22.5 Å². The highest BCUT2D eigenvalue weighted by Crippen LogP contribution is 2.33. The summed E-state index contributed by atoms with van der Waals surface area (Å²) in [4.78, 5) is 23.6. The van der Waals surface area contributed by atoms with Gasteiger partial charge >= 0.3 is 0 Å². The van der Waals surface area contributed by atoms with Crippen molar-refractivity contribution < 1.29 is 14.3 Å². The first-order valence-electron chi connectivity index (χ1n) is 8.63. The number of rotatable bonds is 5. The smallest absolute Gasteiger partial charge is 0.284 e. The molecule has 1 amide bonds. The van der Waals surface area contributed by atoms with Crippen LogP contribution in [0.1, 0.15) is 11.1 Å². The van der Waals surface area contributed by atoms with Crippen molar-refractivity contribution in [2.24, 2.45) is 4.99 Å². The van der Waals surface area contributed by atoms with Gasteiger partial charge in [0.05, 0.1) is 19.2 Å². The lowest BCUT2D eigenvalue weighted by molar-refractivity contribution is -0.113. The Bertz CT molecular complexity index is 1130. The number of carbonyl (C=O) groups is 1. The first kappa shape index (κ1) is 19.2. The molecule has 8 heteroatoms. The van der Waals surface area contributed by atoms with Crippen LogP contribution in [0.5, 0.6) is 11.5 Å². The van der Waals surface area contributed by atoms with Gasteiger partial charge in [-0.15, -0.1) is 11.3 Å². The Morgan fingerprint density at radius 3 is 2.59 bits per heavy atom. The standard InChI is InChI=1S/C21H16ClN3O3S/c1-27-17-8-7-13(12-18(17)28-2)11-16-20(26)25(21-23-9-10-29-21)19(24-16)14-5-3-4-6-15(14)22/h3-12H,1-2H3/b16-11-. The molecule has 0 bridgehead atoms. The van der Waals surface area contributed by atoms with Crippen molar-refractivity contribution in [3.8, 4) is 11.5 Å². The Hall–Kier alpha value is -3.16. The van der Waals surface area contributed by atoms with E-state index in [0.717, 1.165) is 5.56 Å². The van der Waals surface area contributed by atoms with Gasteiger partial charge in [0.2, 0.25) is 0 Å². The molecule has 4 rings (SSSR count). The summed E-state index contributed by atoms with van der Waals surface area (Å²) >= 11 is 7.73. The van der Waals surface area contributed by atoms with E-state index in [1.807, 2.05) is 29.6 Å². The second-order valence-corrected chi connectivity index (χ2v) is 7.29. The molecule has 0 saturated carbocycles. The first-order valence-corrected chi connectivity index (χ1v) is 9.89. The molecule has 0 atom stereocenters. The molecule has 0 fully saturated rings. The van der Waals surface area contributed by atoms with E-state index in [0.29, 0.717) is 33.1 Å². The number of amides is 1. The van der Waals surface area contributed by atoms with Crippen LogP contribution in [-0.4, -0.2) is 30.9 Å². The molecule has 1 aliphatic rings. The average molecular weight is 426 g/mol. The molecule has 146 valence electrons. The number of hydrogen-bond acceptors (Lipinski definition) is 6. The van der Waals surface area contributed by atoms with Crippen LogP contribution in [0.3, 0.4) is 0 Å². The van der Waals surface area contributed by atoms with Crippen LogP contribution < -0.4 is 14.4 Å². The normalized spacial score (nSPS) is 15.0. The van der Waals surface area contributed by atoms with Crippen molar-refractivity contribution >= 4 is 45.9 Å². The zero-order valence-corrected chi connectivity index (χ0v) is 17.2. The fourth-order valence-corrected chi connectivity index (χ4v) is 3.80. The molecular weight excluding hydrogens is 410 g/mol. The fourth-order valence-electron chi connectivity index (χ4n) is 2.94. The highest BCUT2D eigenvalue weighted by Gasteiger charge is 2.34. The van der Waals surface area contributed by atoms with Gasteiger partial charge in [-0.05, 0) is 35.9 Å². The lowest BCUT2D eigenvalue weighted by Gasteiger charge is -2.15. The highest BCUT2D eigenvalue weighted by molar-refractivity contribution is 7.14. The van der Waals surface area contributed by atoms with Crippen LogP contribution in [0.2, 0.25) is 5.02 Å². The van der Waals surface area contributed by atoms with Gasteiger partial charge in [-0.1, -0.05) is 29.8 Å². The van der Waals surface area contributed by atoms with Crippen molar-refractivity contribution in [1.29, 1.82) is 0 Å². The third-order valence-electron chi connectivity index (χ3n) is 4.30. The third-order valence-corrected chi connectivity index (χ3v) is 5.38. The largest absolute Gasteiger partial charge is 0.493 e. The number of amidine groups is 1. The minimum Gasteiger partial charge on any atom is -0.493 e. The minimum absolute atomic E-state index is 0.273. The van der Waals surface area contributed by atoms with E-state index in [9.17, 15) is 4.79 Å². The van der Waals surface area contributed by atoms with Crippen LogP contribution in [-0.2, 0) is 4.79 Å². The van der Waals surface area contributed by atoms with Crippen molar-refractivity contribution in [1.82, 2.24) is 4.98 Å². The predicted molar refractivity (Wildman–Crippen MR) is 115 cm³/mol. The molecule has 6 nitrogen and oxygen atoms in total. The summed E-state index contributed by atoms with van der Waals surface area (Å²) in [5.74, 6) is 1.35. The van der Waals surface area contributed by atoms with Crippen molar-refractivity contribution in [2.45, 2.75) is 0 Å². The number of methoxy groups -OCH3 is 2. The van der Waals surface area contributed by atoms with E-state index in [-0.39, 0.29) is 11.6 Å². The average Bonchev–Trinajstić information content (AvgIpc) is 3.36. The molecule has 1 aromatic heterocycles. The number of hydrogen-bond donors (Lipinski definition) is 0. The summed E-state index contributed by atoms with van der Waals surface area (Å²) < 4.78 is 10.6. The van der Waals surface area contributed by atoms with E-state index in [4.69, 9.17) is 21.1 Å². The van der Waals surface area contributed by atoms with Gasteiger partial charge in [-0.3, -0.25) is 4.79 Å². The minimum atomic E-state index is -0.273. The summed E-state index contributed by atoms with van der Waals surface area (Å²) in [6, 6.07) is 12.7. The molecule has 2 aromatic carbocycles. The summed E-state index contributed by atoms with van der Waals surface area (Å²) in [6.07, 6.45) is 3.35. The first-order chi connectivity index (χ1) is 14.1. The van der Waals surface area contributed by atoms with Gasteiger partial charge in [0.1, 0.15) is 5.70 Å². The second kappa shape index (κ2) is 8.06. The van der Waals surface area contributed by atoms with Gasteiger partial charge in [0, 0.05) is 17.1 Å². The van der Waals surface area contributed by atoms with Crippen LogP contribution in [0.15, 0.2) is 64.7 Å². The maximum absolute atomic E-state index is 13.2. The zero-order valence-electron chi connectivity index (χ0n) is 15.6. The monoisotopic (exact) mass is 425 g/mol. The fraction of sp³-hybridized carbons (Fsp3) is 0.0952. The van der Waals surface area contributed by atoms with Crippen LogP contribution in [0.25, 0.3) is 6.08 Å². The lowest BCUT2D eigenvalue weighted by atomic mass is 10.1. The van der Waals surface area contributed by atoms with Gasteiger partial charge < -0.3 is 9.47 Å². The number of ether oxygens (including phenoxy) is 2. The lowest BCUT2D eigenvalue weighted by Crippen LogP contribution is -2.32.